The number of aliphatic carboxylic acids is 2. The van der Waals surface area contributed by atoms with E-state index in [1.807, 2.05) is 0 Å². The highest BCUT2D eigenvalue weighted by Gasteiger charge is 2.50. The van der Waals surface area contributed by atoms with Crippen molar-refractivity contribution < 1.29 is 62.3 Å². The van der Waals surface area contributed by atoms with Crippen LogP contribution in [0, 0.1) is 11.8 Å². The van der Waals surface area contributed by atoms with Crippen LogP contribution in [0.2, 0.25) is 155 Å². The van der Waals surface area contributed by atoms with Gasteiger partial charge in [-0.15, -0.1) is 0 Å². The van der Waals surface area contributed by atoms with Crippen molar-refractivity contribution in [3.05, 3.63) is 0 Å². The van der Waals surface area contributed by atoms with Gasteiger partial charge in [0, 0.05) is 24.9 Å². The molecule has 0 saturated heterocycles. The molecule has 0 rings (SSSR count). The first kappa shape index (κ1) is 79.7. The quantitative estimate of drug-likeness (QED) is 0.0330. The van der Waals surface area contributed by atoms with Crippen LogP contribution in [0.15, 0.2) is 0 Å². The van der Waals surface area contributed by atoms with Crippen molar-refractivity contribution in [2.75, 3.05) is 13.1 Å². The van der Waals surface area contributed by atoms with Crippen molar-refractivity contribution in [2.24, 2.45) is 11.8 Å². The maximum absolute atomic E-state index is 13.5. The van der Waals surface area contributed by atoms with E-state index < -0.39 is 108 Å². The molecule has 0 aromatic carbocycles. The van der Waals surface area contributed by atoms with E-state index in [4.69, 9.17) is 32.9 Å². The van der Waals surface area contributed by atoms with Gasteiger partial charge in [0.25, 0.3) is 0 Å². The molecular weight excluding hydrogens is 1180 g/mol. The Balaban J connectivity index is 5.36. The van der Waals surface area contributed by atoms with E-state index in [9.17, 15) is 29.4 Å². The molecule has 0 aliphatic carbocycles. The molecule has 0 heterocycles. The molecule has 0 aromatic heterocycles. The van der Waals surface area contributed by atoms with Gasteiger partial charge in [-0.1, -0.05) is 104 Å². The molecule has 0 fully saturated rings. The van der Waals surface area contributed by atoms with Crippen LogP contribution in [0.25, 0.3) is 0 Å². The van der Waals surface area contributed by atoms with E-state index in [0.29, 0.717) is 50.9 Å². The molecule has 2 amide bonds. The molecule has 0 spiro atoms. The second kappa shape index (κ2) is 36.8. The number of carboxylic acids is 2. The smallest absolute Gasteiger partial charge is 0.315 e. The van der Waals surface area contributed by atoms with Gasteiger partial charge in [-0.05, 0) is 181 Å². The van der Waals surface area contributed by atoms with Gasteiger partial charge in [0.1, 0.15) is 0 Å². The normalized spacial score (nSPS) is 16.9. The number of carboxylic acid groups (broad SMARTS) is 2. The molecule has 4 N–H and O–H groups in total. The summed E-state index contributed by atoms with van der Waals surface area (Å²) in [6, 6.07) is 3.13. The van der Waals surface area contributed by atoms with E-state index in [0.717, 1.165) is 76.3 Å². The van der Waals surface area contributed by atoms with Crippen molar-refractivity contribution in [1.29, 1.82) is 0 Å². The standard InChI is InChI=1S/C54H124N2O14Si10/c1-23-25-27-35-43-77(19,63-71(3,4)5)67-75(15,16)69-79(21,65-73(9,10)11)45-37-39-49(47-51(57)58)53(61)55-41-33-31-29-30-32-34-42-56-54(62)50(48-52(59)60)40-38-46-80(22,66-74(12,13)14)70-76(17,18)68-78(20,64-72(6,7)8)44-36-28-26-24-2/h49-50H,23-48H2,1-22H3,(H,55,61)(H,56,62)(H,57,58)(H,59,60). The lowest BCUT2D eigenvalue weighted by Gasteiger charge is -2.44. The van der Waals surface area contributed by atoms with Gasteiger partial charge in [-0.25, -0.2) is 0 Å². The molecule has 26 heteroatoms. The summed E-state index contributed by atoms with van der Waals surface area (Å²) in [5.74, 6) is -3.76. The Kier molecular flexibility index (Phi) is 36.7. The fourth-order valence-electron chi connectivity index (χ4n) is 11.0. The van der Waals surface area contributed by atoms with Crippen LogP contribution >= 0.6 is 0 Å². The summed E-state index contributed by atoms with van der Waals surface area (Å²) in [7, 11) is -24.2. The zero-order valence-corrected chi connectivity index (χ0v) is 65.3. The average Bonchev–Trinajstić information content (AvgIpc) is 3.22. The third-order valence-electron chi connectivity index (χ3n) is 13.1. The molecule has 16 nitrogen and oxygen atoms in total. The van der Waals surface area contributed by atoms with Crippen LogP contribution in [0.1, 0.15) is 142 Å². The predicted octanol–water partition coefficient (Wildman–Crippen LogP) is 15.6. The highest BCUT2D eigenvalue weighted by atomic mass is 28.5. The van der Waals surface area contributed by atoms with Crippen molar-refractivity contribution >= 4 is 108 Å². The summed E-state index contributed by atoms with van der Waals surface area (Å²) < 4.78 is 55.7. The number of unbranched alkanes of at least 4 members (excludes halogenated alkanes) is 11. The highest BCUT2D eigenvalue weighted by Crippen LogP contribution is 2.35. The van der Waals surface area contributed by atoms with Crippen molar-refractivity contribution in [3.8, 4) is 0 Å². The Labute approximate surface area is 500 Å². The SMILES string of the molecule is CCCCCC[Si](C)(O[Si](C)(C)C)O[Si](C)(C)O[Si](C)(CCCC(CC(=O)O)C(=O)NCCCCCCCCNC(=O)C(CCC[Si](C)(O[Si](C)(C)C)O[Si](C)(C)O[Si](C)(CCCCCC)O[Si](C)(C)C)CC(=O)O)O[Si](C)(C)C. The lowest BCUT2D eigenvalue weighted by Crippen LogP contribution is -2.59. The van der Waals surface area contributed by atoms with Crippen LogP contribution in [-0.4, -0.2) is 132 Å². The second-order valence-electron chi connectivity index (χ2n) is 28.3. The first-order valence-corrected chi connectivity index (χ1v) is 60.3. The molecular formula is C54H124N2O14Si10. The van der Waals surface area contributed by atoms with E-state index in [1.165, 1.54) is 25.7 Å². The summed E-state index contributed by atoms with van der Waals surface area (Å²) in [5, 5.41) is 25.7. The number of amides is 2. The molecule has 0 bridgehead atoms. The summed E-state index contributed by atoms with van der Waals surface area (Å²) >= 11 is 0. The third-order valence-corrected chi connectivity index (χ3v) is 49.6. The van der Waals surface area contributed by atoms with Crippen molar-refractivity contribution in [2.45, 2.75) is 297 Å². The van der Waals surface area contributed by atoms with Gasteiger partial charge in [0.05, 0.1) is 12.8 Å². The number of hydrogen-bond donors (Lipinski definition) is 4. The topological polar surface area (TPSA) is 207 Å². The zero-order valence-electron chi connectivity index (χ0n) is 55.3. The largest absolute Gasteiger partial charge is 0.481 e. The Morgan fingerprint density at radius 1 is 0.338 bits per heavy atom. The summed E-state index contributed by atoms with van der Waals surface area (Å²) in [6.45, 7) is 48.7. The molecule has 80 heavy (non-hydrogen) atoms. The van der Waals surface area contributed by atoms with Crippen LogP contribution in [-0.2, 0) is 52.1 Å². The maximum atomic E-state index is 13.5. The van der Waals surface area contributed by atoms with Gasteiger partial charge in [-0.2, -0.15) is 0 Å². The van der Waals surface area contributed by atoms with E-state index in [1.54, 1.807) is 0 Å². The second-order valence-corrected chi connectivity index (χ2v) is 68.4. The summed E-state index contributed by atoms with van der Waals surface area (Å²) in [6.07, 6.45) is 16.1. The summed E-state index contributed by atoms with van der Waals surface area (Å²) in [5.41, 5.74) is 0. The van der Waals surface area contributed by atoms with E-state index in [-0.39, 0.29) is 24.7 Å². The fourth-order valence-corrected chi connectivity index (χ4v) is 58.4. The number of nitrogens with one attached hydrogen (secondary N) is 2. The minimum atomic E-state index is -2.83. The molecule has 6 atom stereocenters. The Hall–Kier alpha value is -0.271. The minimum Gasteiger partial charge on any atom is -0.481 e. The fraction of sp³-hybridized carbons (Fsp3) is 0.926. The van der Waals surface area contributed by atoms with Gasteiger partial charge in [-0.3, -0.25) is 19.2 Å². The van der Waals surface area contributed by atoms with Crippen LogP contribution in [0.3, 0.4) is 0 Å². The number of hydrogen-bond acceptors (Lipinski definition) is 12. The molecule has 474 valence electrons. The average molecular weight is 1310 g/mol. The van der Waals surface area contributed by atoms with Crippen LogP contribution in [0.4, 0.5) is 0 Å². The monoisotopic (exact) mass is 1300 g/mol. The molecule has 0 radical (unpaired) electrons. The number of carbonyl (C=O) groups is 4. The molecule has 0 aliphatic rings. The van der Waals surface area contributed by atoms with Gasteiger partial charge in [0.2, 0.25) is 11.8 Å². The number of rotatable bonds is 49. The van der Waals surface area contributed by atoms with Crippen molar-refractivity contribution in [1.82, 2.24) is 10.6 Å². The van der Waals surface area contributed by atoms with E-state index >= 15 is 0 Å². The van der Waals surface area contributed by atoms with Gasteiger partial charge in [0.15, 0.2) is 33.3 Å². The minimum absolute atomic E-state index is 0.230. The van der Waals surface area contributed by atoms with Crippen LogP contribution < -0.4 is 10.6 Å². The Morgan fingerprint density at radius 3 is 0.812 bits per heavy atom. The Bertz CT molecular complexity index is 1680. The molecule has 0 aliphatic heterocycles. The predicted molar refractivity (Wildman–Crippen MR) is 355 cm³/mol. The zero-order chi connectivity index (χ0) is 61.9. The Morgan fingerprint density at radius 2 is 0.575 bits per heavy atom. The first-order valence-electron chi connectivity index (χ1n) is 31.0. The maximum Gasteiger partial charge on any atom is 0.315 e. The number of carbonyl (C=O) groups excluding carboxylic acids is 2. The molecule has 0 aromatic rings. The van der Waals surface area contributed by atoms with Gasteiger partial charge < -0.3 is 53.8 Å². The first-order chi connectivity index (χ1) is 36.4. The van der Waals surface area contributed by atoms with E-state index in [2.05, 4.69) is 155 Å². The lowest BCUT2D eigenvalue weighted by atomic mass is 9.98. The highest BCUT2D eigenvalue weighted by molar-refractivity contribution is 6.92. The molecule has 6 unspecified atom stereocenters. The summed E-state index contributed by atoms with van der Waals surface area (Å²) in [4.78, 5) is 50.9. The van der Waals surface area contributed by atoms with Crippen molar-refractivity contribution in [3.63, 3.8) is 0 Å². The van der Waals surface area contributed by atoms with Gasteiger partial charge >= 0.3 is 63.3 Å². The molecule has 0 saturated carbocycles. The van der Waals surface area contributed by atoms with Crippen LogP contribution in [0.5, 0.6) is 0 Å². The third kappa shape index (κ3) is 41.7. The lowest BCUT2D eigenvalue weighted by molar-refractivity contribution is -0.141.